The van der Waals surface area contributed by atoms with Gasteiger partial charge >= 0.3 is 0 Å². The average Bonchev–Trinajstić information content (AvgIpc) is 2.47. The van der Waals surface area contributed by atoms with Crippen molar-refractivity contribution in [2.24, 2.45) is 0 Å². The number of nitriles is 1. The number of carbonyl (C=O) groups is 1. The molecule has 21 heavy (non-hydrogen) atoms. The normalized spacial score (nSPS) is 11.3. The van der Waals surface area contributed by atoms with Crippen LogP contribution < -0.4 is 10.6 Å². The second-order valence-corrected chi connectivity index (χ2v) is 4.87. The Hall–Kier alpha value is -2.80. The van der Waals surface area contributed by atoms with Crippen LogP contribution >= 0.6 is 0 Å². The number of amides is 1. The molecule has 4 heteroatoms. The molecule has 4 nitrogen and oxygen atoms in total. The molecule has 0 fully saturated rings. The number of rotatable bonds is 4. The summed E-state index contributed by atoms with van der Waals surface area (Å²) in [5, 5.41) is 15.1. The summed E-state index contributed by atoms with van der Waals surface area (Å²) in [5.41, 5.74) is 3.36. The molecule has 0 saturated heterocycles. The highest BCUT2D eigenvalue weighted by atomic mass is 16.1. The molecule has 2 rings (SSSR count). The zero-order valence-corrected chi connectivity index (χ0v) is 12.1. The molecule has 0 aliphatic carbocycles. The van der Waals surface area contributed by atoms with Gasteiger partial charge in [-0.25, -0.2) is 0 Å². The van der Waals surface area contributed by atoms with Crippen molar-refractivity contribution >= 4 is 17.3 Å². The van der Waals surface area contributed by atoms with Crippen LogP contribution in [0.15, 0.2) is 48.5 Å². The smallest absolute Gasteiger partial charge is 0.221 e. The first-order valence-electron chi connectivity index (χ1n) is 6.73. The van der Waals surface area contributed by atoms with Crippen molar-refractivity contribution in [2.45, 2.75) is 19.9 Å². The van der Waals surface area contributed by atoms with Crippen LogP contribution in [0.5, 0.6) is 0 Å². The Morgan fingerprint density at radius 3 is 2.57 bits per heavy atom. The Bertz CT molecular complexity index is 688. The zero-order valence-electron chi connectivity index (χ0n) is 12.1. The Labute approximate surface area is 124 Å². The van der Waals surface area contributed by atoms with Crippen molar-refractivity contribution in [3.8, 4) is 6.07 Å². The maximum Gasteiger partial charge on any atom is 0.221 e. The fraction of sp³-hybridized carbons (Fsp3) is 0.176. The van der Waals surface area contributed by atoms with Crippen LogP contribution in [0.25, 0.3) is 0 Å². The number of hydrogen-bond acceptors (Lipinski definition) is 3. The quantitative estimate of drug-likeness (QED) is 0.897. The maximum atomic E-state index is 11.1. The molecule has 1 amide bonds. The van der Waals surface area contributed by atoms with E-state index < -0.39 is 0 Å². The summed E-state index contributed by atoms with van der Waals surface area (Å²) in [4.78, 5) is 11.1. The van der Waals surface area contributed by atoms with E-state index >= 15 is 0 Å². The summed E-state index contributed by atoms with van der Waals surface area (Å²) in [7, 11) is 0. The van der Waals surface area contributed by atoms with Crippen LogP contribution in [-0.2, 0) is 4.79 Å². The highest BCUT2D eigenvalue weighted by Gasteiger charge is 2.06. The van der Waals surface area contributed by atoms with Crippen molar-refractivity contribution in [3.63, 3.8) is 0 Å². The molecule has 0 radical (unpaired) electrons. The van der Waals surface area contributed by atoms with Gasteiger partial charge < -0.3 is 10.6 Å². The van der Waals surface area contributed by atoms with Crippen molar-refractivity contribution in [3.05, 3.63) is 59.7 Å². The monoisotopic (exact) mass is 279 g/mol. The van der Waals surface area contributed by atoms with Crippen molar-refractivity contribution in [1.82, 2.24) is 0 Å². The van der Waals surface area contributed by atoms with Crippen LogP contribution in [0, 0.1) is 11.3 Å². The van der Waals surface area contributed by atoms with E-state index in [1.54, 1.807) is 6.07 Å². The van der Waals surface area contributed by atoms with E-state index in [1.165, 1.54) is 6.92 Å². The van der Waals surface area contributed by atoms with E-state index in [2.05, 4.69) is 16.7 Å². The molecule has 2 aromatic rings. The molecule has 1 unspecified atom stereocenters. The number of anilines is 2. The van der Waals surface area contributed by atoms with E-state index in [4.69, 9.17) is 5.26 Å². The molecule has 0 bridgehead atoms. The lowest BCUT2D eigenvalue weighted by Gasteiger charge is -2.16. The molecule has 0 spiro atoms. The lowest BCUT2D eigenvalue weighted by Crippen LogP contribution is -2.08. The second kappa shape index (κ2) is 6.58. The molecule has 0 saturated carbocycles. The number of nitrogens with one attached hydrogen (secondary N) is 2. The van der Waals surface area contributed by atoms with Crippen molar-refractivity contribution < 1.29 is 4.79 Å². The molecule has 0 aromatic heterocycles. The van der Waals surface area contributed by atoms with Crippen molar-refractivity contribution in [2.75, 3.05) is 10.6 Å². The van der Waals surface area contributed by atoms with E-state index in [1.807, 2.05) is 49.4 Å². The highest BCUT2D eigenvalue weighted by Crippen LogP contribution is 2.22. The second-order valence-electron chi connectivity index (χ2n) is 4.87. The van der Waals surface area contributed by atoms with Gasteiger partial charge in [-0.15, -0.1) is 0 Å². The van der Waals surface area contributed by atoms with E-state index in [9.17, 15) is 4.79 Å². The number of nitrogens with zero attached hydrogens (tertiary/aromatic N) is 1. The first-order valence-corrected chi connectivity index (χ1v) is 6.73. The van der Waals surface area contributed by atoms with E-state index in [0.29, 0.717) is 5.56 Å². The first-order chi connectivity index (χ1) is 10.1. The van der Waals surface area contributed by atoms with Gasteiger partial charge in [-0.2, -0.15) is 5.26 Å². The third-order valence-corrected chi connectivity index (χ3v) is 3.08. The highest BCUT2D eigenvalue weighted by molar-refractivity contribution is 5.89. The minimum Gasteiger partial charge on any atom is -0.378 e. The summed E-state index contributed by atoms with van der Waals surface area (Å²) < 4.78 is 0. The molecule has 0 heterocycles. The summed E-state index contributed by atoms with van der Waals surface area (Å²) in [6.45, 7) is 3.51. The van der Waals surface area contributed by atoms with Crippen LogP contribution in [-0.4, -0.2) is 5.91 Å². The molecular formula is C17H17N3O. The van der Waals surface area contributed by atoms with Gasteiger partial charge in [0.2, 0.25) is 5.91 Å². The molecular weight excluding hydrogens is 262 g/mol. The minimum atomic E-state index is -0.0954. The molecule has 0 aliphatic rings. The lowest BCUT2D eigenvalue weighted by atomic mass is 10.1. The first kappa shape index (κ1) is 14.6. The Kier molecular flexibility index (Phi) is 4.57. The summed E-state index contributed by atoms with van der Waals surface area (Å²) in [6, 6.07) is 17.3. The fourth-order valence-electron chi connectivity index (χ4n) is 2.10. The average molecular weight is 279 g/mol. The van der Waals surface area contributed by atoms with Gasteiger partial charge in [0.1, 0.15) is 0 Å². The van der Waals surface area contributed by atoms with E-state index in [-0.39, 0.29) is 11.9 Å². The largest absolute Gasteiger partial charge is 0.378 e. The van der Waals surface area contributed by atoms with Crippen LogP contribution in [0.4, 0.5) is 11.4 Å². The fourth-order valence-corrected chi connectivity index (χ4v) is 2.10. The standard InChI is InChI=1S/C17H17N3O/c1-12(15-6-3-5-14(9-15)11-18)19-16-7-4-8-17(10-16)20-13(2)21/h3-10,12,19H,1-2H3,(H,20,21). The van der Waals surface area contributed by atoms with Crippen molar-refractivity contribution in [1.29, 1.82) is 5.26 Å². The Balaban J connectivity index is 2.13. The summed E-state index contributed by atoms with van der Waals surface area (Å²) in [6.07, 6.45) is 0. The Morgan fingerprint density at radius 1 is 1.14 bits per heavy atom. The summed E-state index contributed by atoms with van der Waals surface area (Å²) >= 11 is 0. The summed E-state index contributed by atoms with van der Waals surface area (Å²) in [5.74, 6) is -0.0954. The lowest BCUT2D eigenvalue weighted by molar-refractivity contribution is -0.114. The topological polar surface area (TPSA) is 64.9 Å². The van der Waals surface area contributed by atoms with Crippen LogP contribution in [0.2, 0.25) is 0 Å². The van der Waals surface area contributed by atoms with E-state index in [0.717, 1.165) is 16.9 Å². The van der Waals surface area contributed by atoms with Gasteiger partial charge in [0.25, 0.3) is 0 Å². The van der Waals surface area contributed by atoms with Gasteiger partial charge in [-0.05, 0) is 42.8 Å². The molecule has 1 atom stereocenters. The molecule has 2 N–H and O–H groups in total. The van der Waals surface area contributed by atoms with Gasteiger partial charge in [0.05, 0.1) is 11.6 Å². The predicted octanol–water partition coefficient (Wildman–Crippen LogP) is 3.69. The third kappa shape index (κ3) is 4.08. The molecule has 0 aliphatic heterocycles. The van der Waals surface area contributed by atoms with Gasteiger partial charge in [-0.3, -0.25) is 4.79 Å². The molecule has 2 aromatic carbocycles. The maximum absolute atomic E-state index is 11.1. The van der Waals surface area contributed by atoms with Crippen LogP contribution in [0.3, 0.4) is 0 Å². The zero-order chi connectivity index (χ0) is 15.2. The van der Waals surface area contributed by atoms with Gasteiger partial charge in [-0.1, -0.05) is 18.2 Å². The number of carbonyl (C=O) groups excluding carboxylic acids is 1. The Morgan fingerprint density at radius 2 is 1.86 bits per heavy atom. The predicted molar refractivity (Wildman–Crippen MR) is 83.9 cm³/mol. The van der Waals surface area contributed by atoms with Crippen LogP contribution in [0.1, 0.15) is 31.0 Å². The SMILES string of the molecule is CC(=O)Nc1cccc(NC(C)c2cccc(C#N)c2)c1. The molecule has 106 valence electrons. The number of hydrogen-bond donors (Lipinski definition) is 2. The minimum absolute atomic E-state index is 0.0610. The van der Waals surface area contributed by atoms with Gasteiger partial charge in [0, 0.05) is 24.3 Å². The number of benzene rings is 2. The van der Waals surface area contributed by atoms with Gasteiger partial charge in [0.15, 0.2) is 0 Å². The third-order valence-electron chi connectivity index (χ3n) is 3.08.